The third-order valence-electron chi connectivity index (χ3n) is 4.16. The molecule has 0 aliphatic carbocycles. The maximum Gasteiger partial charge on any atom is 0.119 e. The van der Waals surface area contributed by atoms with Crippen molar-refractivity contribution in [2.75, 3.05) is 39.9 Å². The molecule has 1 aromatic carbocycles. The van der Waals surface area contributed by atoms with Crippen LogP contribution in [-0.4, -0.2) is 49.9 Å². The summed E-state index contributed by atoms with van der Waals surface area (Å²) in [5.41, 5.74) is 0.946. The van der Waals surface area contributed by atoms with Crippen molar-refractivity contribution in [3.63, 3.8) is 0 Å². The molecule has 4 nitrogen and oxygen atoms in total. The van der Waals surface area contributed by atoms with E-state index in [9.17, 15) is 5.11 Å². The summed E-state index contributed by atoms with van der Waals surface area (Å²) in [5.74, 6) is 0.849. The topological polar surface area (TPSA) is 44.7 Å². The van der Waals surface area contributed by atoms with Crippen molar-refractivity contribution in [1.29, 1.82) is 0 Å². The van der Waals surface area contributed by atoms with E-state index in [1.165, 1.54) is 5.56 Å². The molecule has 0 bridgehead atoms. The highest BCUT2D eigenvalue weighted by Crippen LogP contribution is 2.42. The smallest absolute Gasteiger partial charge is 0.119 e. The lowest BCUT2D eigenvalue weighted by molar-refractivity contribution is 0.0300. The van der Waals surface area contributed by atoms with Crippen molar-refractivity contribution < 1.29 is 9.84 Å². The second kappa shape index (κ2) is 7.09. The van der Waals surface area contributed by atoms with Crippen LogP contribution < -0.4 is 10.1 Å². The van der Waals surface area contributed by atoms with Gasteiger partial charge in [-0.3, -0.25) is 4.90 Å². The number of nitrogens with one attached hydrogen (secondary N) is 1. The number of benzene rings is 1. The Morgan fingerprint density at radius 3 is 2.62 bits per heavy atom. The van der Waals surface area contributed by atoms with Crippen LogP contribution in [0.15, 0.2) is 22.7 Å². The lowest BCUT2D eigenvalue weighted by Gasteiger charge is -2.44. The lowest BCUT2D eigenvalue weighted by Crippen LogP contribution is -2.49. The van der Waals surface area contributed by atoms with Crippen molar-refractivity contribution in [2.45, 2.75) is 19.9 Å². The number of methoxy groups -OCH3 is 1. The summed E-state index contributed by atoms with van der Waals surface area (Å²) in [7, 11) is 1.68. The predicted octanol–water partition coefficient (Wildman–Crippen LogP) is 2.42. The van der Waals surface area contributed by atoms with E-state index in [1.54, 1.807) is 7.11 Å². The van der Waals surface area contributed by atoms with Gasteiger partial charge < -0.3 is 15.2 Å². The first-order valence-corrected chi connectivity index (χ1v) is 8.18. The first kappa shape index (κ1) is 16.7. The Balaban J connectivity index is 2.43. The molecular weight excluding hydrogens is 332 g/mol. The second-order valence-electron chi connectivity index (χ2n) is 6.22. The largest absolute Gasteiger partial charge is 0.497 e. The van der Waals surface area contributed by atoms with Crippen molar-refractivity contribution in [3.05, 3.63) is 28.2 Å². The Morgan fingerprint density at radius 2 is 2.05 bits per heavy atom. The van der Waals surface area contributed by atoms with Crippen LogP contribution in [0, 0.1) is 5.41 Å². The molecular formula is C16H25BrN2O2. The van der Waals surface area contributed by atoms with Gasteiger partial charge in [-0.25, -0.2) is 0 Å². The van der Waals surface area contributed by atoms with Gasteiger partial charge in [0.1, 0.15) is 5.75 Å². The molecule has 1 heterocycles. The molecule has 1 aromatic rings. The fraction of sp³-hybridized carbons (Fsp3) is 0.625. The first-order valence-electron chi connectivity index (χ1n) is 7.38. The van der Waals surface area contributed by atoms with E-state index in [0.717, 1.165) is 36.4 Å². The molecule has 2 N–H and O–H groups in total. The average Bonchev–Trinajstić information content (AvgIpc) is 2.50. The molecule has 0 aromatic heterocycles. The van der Waals surface area contributed by atoms with Crippen LogP contribution in [-0.2, 0) is 0 Å². The van der Waals surface area contributed by atoms with Crippen molar-refractivity contribution in [2.24, 2.45) is 5.41 Å². The minimum Gasteiger partial charge on any atom is -0.497 e. The van der Waals surface area contributed by atoms with Gasteiger partial charge in [-0.1, -0.05) is 29.8 Å². The summed E-state index contributed by atoms with van der Waals surface area (Å²) in [5, 5.41) is 13.3. The maximum absolute atomic E-state index is 9.88. The number of hydrogen-bond donors (Lipinski definition) is 2. The number of piperazine rings is 1. The third-order valence-corrected chi connectivity index (χ3v) is 4.88. The van der Waals surface area contributed by atoms with Gasteiger partial charge >= 0.3 is 0 Å². The van der Waals surface area contributed by atoms with E-state index >= 15 is 0 Å². The van der Waals surface area contributed by atoms with Gasteiger partial charge in [-0.15, -0.1) is 0 Å². The molecule has 1 saturated heterocycles. The lowest BCUT2D eigenvalue weighted by atomic mass is 9.79. The molecule has 0 unspecified atom stereocenters. The molecule has 0 spiro atoms. The summed E-state index contributed by atoms with van der Waals surface area (Å²) in [4.78, 5) is 2.45. The fourth-order valence-corrected chi connectivity index (χ4v) is 3.46. The number of nitrogens with zero attached hydrogens (tertiary/aromatic N) is 1. The highest BCUT2D eigenvalue weighted by molar-refractivity contribution is 9.10. The molecule has 118 valence electrons. The molecule has 21 heavy (non-hydrogen) atoms. The molecule has 0 saturated carbocycles. The van der Waals surface area contributed by atoms with Gasteiger partial charge in [0, 0.05) is 48.7 Å². The molecule has 1 aliphatic rings. The zero-order valence-electron chi connectivity index (χ0n) is 13.0. The van der Waals surface area contributed by atoms with Crippen LogP contribution in [0.25, 0.3) is 0 Å². The summed E-state index contributed by atoms with van der Waals surface area (Å²) in [6, 6.07) is 6.20. The molecule has 2 rings (SSSR count). The van der Waals surface area contributed by atoms with Gasteiger partial charge in [0.15, 0.2) is 0 Å². The molecule has 1 atom stereocenters. The Kier molecular flexibility index (Phi) is 5.66. The number of halogens is 1. The summed E-state index contributed by atoms with van der Waals surface area (Å²) in [6.45, 7) is 8.32. The Hall–Kier alpha value is -0.620. The minimum absolute atomic E-state index is 0.144. The number of rotatable bonds is 5. The van der Waals surface area contributed by atoms with E-state index < -0.39 is 0 Å². The quantitative estimate of drug-likeness (QED) is 0.850. The van der Waals surface area contributed by atoms with E-state index in [2.05, 4.69) is 46.1 Å². The fourth-order valence-electron chi connectivity index (χ4n) is 3.00. The van der Waals surface area contributed by atoms with Crippen LogP contribution in [0.1, 0.15) is 25.5 Å². The van der Waals surface area contributed by atoms with E-state index in [-0.39, 0.29) is 18.1 Å². The van der Waals surface area contributed by atoms with Crippen molar-refractivity contribution >= 4 is 15.9 Å². The van der Waals surface area contributed by atoms with Crippen molar-refractivity contribution in [1.82, 2.24) is 10.2 Å². The van der Waals surface area contributed by atoms with Gasteiger partial charge in [-0.2, -0.15) is 0 Å². The number of aliphatic hydroxyl groups excluding tert-OH is 1. The average molecular weight is 357 g/mol. The first-order chi connectivity index (χ1) is 9.99. The maximum atomic E-state index is 9.88. The number of hydrogen-bond acceptors (Lipinski definition) is 4. The highest BCUT2D eigenvalue weighted by atomic mass is 79.9. The van der Waals surface area contributed by atoms with E-state index in [0.29, 0.717) is 0 Å². The predicted molar refractivity (Wildman–Crippen MR) is 88.7 cm³/mol. The summed E-state index contributed by atoms with van der Waals surface area (Å²) < 4.78 is 6.44. The summed E-state index contributed by atoms with van der Waals surface area (Å²) >= 11 is 3.67. The van der Waals surface area contributed by atoms with Gasteiger partial charge in [0.25, 0.3) is 0 Å². The zero-order valence-corrected chi connectivity index (χ0v) is 14.6. The van der Waals surface area contributed by atoms with Crippen LogP contribution in [0.3, 0.4) is 0 Å². The Morgan fingerprint density at radius 1 is 1.38 bits per heavy atom. The SMILES string of the molecule is COc1ccc(Br)c([C@H](N2CCNCC2)C(C)(C)CO)c1. The van der Waals surface area contributed by atoms with Gasteiger partial charge in [0.05, 0.1) is 7.11 Å². The summed E-state index contributed by atoms with van der Waals surface area (Å²) in [6.07, 6.45) is 0. The molecule has 5 heteroatoms. The molecule has 1 aliphatic heterocycles. The highest BCUT2D eigenvalue weighted by Gasteiger charge is 2.36. The second-order valence-corrected chi connectivity index (χ2v) is 7.08. The van der Waals surface area contributed by atoms with Crippen LogP contribution in [0.2, 0.25) is 0 Å². The number of ether oxygens (including phenoxy) is 1. The zero-order chi connectivity index (χ0) is 15.5. The normalized spacial score (nSPS) is 18.5. The third kappa shape index (κ3) is 3.77. The van der Waals surface area contributed by atoms with Crippen LogP contribution >= 0.6 is 15.9 Å². The van der Waals surface area contributed by atoms with Crippen molar-refractivity contribution in [3.8, 4) is 5.75 Å². The van der Waals surface area contributed by atoms with E-state index in [4.69, 9.17) is 4.74 Å². The van der Waals surface area contributed by atoms with Crippen LogP contribution in [0.4, 0.5) is 0 Å². The molecule has 1 fully saturated rings. The van der Waals surface area contributed by atoms with Gasteiger partial charge in [-0.05, 0) is 23.8 Å². The molecule has 0 amide bonds. The molecule has 0 radical (unpaired) electrons. The Bertz CT molecular complexity index is 473. The minimum atomic E-state index is -0.230. The number of aliphatic hydroxyl groups is 1. The van der Waals surface area contributed by atoms with Gasteiger partial charge in [0.2, 0.25) is 0 Å². The monoisotopic (exact) mass is 356 g/mol. The standard InChI is InChI=1S/C16H25BrN2O2/c1-16(2,11-20)15(19-8-6-18-7-9-19)13-10-12(21-3)4-5-14(13)17/h4-5,10,15,18,20H,6-9,11H2,1-3H3/t15-/m0/s1. The van der Waals surface area contributed by atoms with Crippen LogP contribution in [0.5, 0.6) is 5.75 Å². The Labute approximate surface area is 135 Å². The van der Waals surface area contributed by atoms with E-state index in [1.807, 2.05) is 12.1 Å².